The van der Waals surface area contributed by atoms with Crippen LogP contribution in [0.15, 0.2) is 30.5 Å². The molecule has 6 nitrogen and oxygen atoms in total. The van der Waals surface area contributed by atoms with E-state index in [1.807, 2.05) is 13.8 Å². The molecule has 0 spiro atoms. The molecule has 1 aromatic carbocycles. The van der Waals surface area contributed by atoms with Crippen molar-refractivity contribution in [3.8, 4) is 5.69 Å². The van der Waals surface area contributed by atoms with Gasteiger partial charge in [0.25, 0.3) is 0 Å². The first-order valence-corrected chi connectivity index (χ1v) is 6.45. The van der Waals surface area contributed by atoms with Crippen molar-refractivity contribution >= 4 is 11.9 Å². The van der Waals surface area contributed by atoms with Crippen molar-refractivity contribution in [3.63, 3.8) is 0 Å². The number of hydrogen-bond acceptors (Lipinski definition) is 4. The average molecular weight is 288 g/mol. The van der Waals surface area contributed by atoms with Crippen molar-refractivity contribution in [2.45, 2.75) is 19.8 Å². The van der Waals surface area contributed by atoms with E-state index in [0.29, 0.717) is 16.9 Å². The Morgan fingerprint density at radius 2 is 2.05 bits per heavy atom. The Bertz CT molecular complexity index is 689. The number of hydrogen-bond donors (Lipinski definition) is 1. The maximum Gasteiger partial charge on any atom is 0.339 e. The van der Waals surface area contributed by atoms with Crippen molar-refractivity contribution < 1.29 is 19.4 Å². The highest BCUT2D eigenvalue weighted by Gasteiger charge is 2.20. The van der Waals surface area contributed by atoms with E-state index in [1.54, 1.807) is 28.9 Å². The third kappa shape index (κ3) is 2.79. The zero-order valence-corrected chi connectivity index (χ0v) is 12.0. The van der Waals surface area contributed by atoms with Crippen LogP contribution >= 0.6 is 0 Å². The monoisotopic (exact) mass is 288 g/mol. The zero-order valence-electron chi connectivity index (χ0n) is 12.0. The second-order valence-corrected chi connectivity index (χ2v) is 4.86. The molecule has 0 bridgehead atoms. The molecule has 0 aliphatic heterocycles. The summed E-state index contributed by atoms with van der Waals surface area (Å²) >= 11 is 0. The van der Waals surface area contributed by atoms with Crippen molar-refractivity contribution in [2.24, 2.45) is 0 Å². The van der Waals surface area contributed by atoms with Crippen molar-refractivity contribution in [1.82, 2.24) is 9.78 Å². The number of benzene rings is 1. The molecule has 1 aromatic heterocycles. The molecule has 110 valence electrons. The highest BCUT2D eigenvalue weighted by molar-refractivity contribution is 5.90. The minimum absolute atomic E-state index is 0.0274. The molecule has 1 heterocycles. The fraction of sp³-hybridized carbons (Fsp3) is 0.267. The van der Waals surface area contributed by atoms with Crippen LogP contribution in [-0.2, 0) is 4.74 Å². The van der Waals surface area contributed by atoms with Crippen LogP contribution in [0.5, 0.6) is 0 Å². The van der Waals surface area contributed by atoms with Crippen LogP contribution in [0.25, 0.3) is 5.69 Å². The summed E-state index contributed by atoms with van der Waals surface area (Å²) in [5.41, 5.74) is 1.75. The topological polar surface area (TPSA) is 81.4 Å². The predicted octanol–water partition coefficient (Wildman–Crippen LogP) is 2.48. The van der Waals surface area contributed by atoms with Gasteiger partial charge in [-0.15, -0.1) is 0 Å². The van der Waals surface area contributed by atoms with Gasteiger partial charge in [0.1, 0.15) is 5.56 Å². The number of carboxylic acids is 1. The maximum atomic E-state index is 11.6. The average Bonchev–Trinajstić information content (AvgIpc) is 2.91. The van der Waals surface area contributed by atoms with Gasteiger partial charge < -0.3 is 9.84 Å². The van der Waals surface area contributed by atoms with Crippen LogP contribution in [0.4, 0.5) is 0 Å². The molecule has 1 N–H and O–H groups in total. The quantitative estimate of drug-likeness (QED) is 0.874. The Hall–Kier alpha value is -2.63. The van der Waals surface area contributed by atoms with Crippen LogP contribution in [-0.4, -0.2) is 33.9 Å². The SMILES string of the molecule is COC(=O)c1cccc(-n2ncc(C(=O)O)c2C(C)C)c1. The minimum atomic E-state index is -1.02. The number of carbonyl (C=O) groups excluding carboxylic acids is 1. The number of methoxy groups -OCH3 is 1. The molecule has 0 saturated carbocycles. The molecule has 0 amide bonds. The Kier molecular flexibility index (Phi) is 4.07. The molecule has 0 fully saturated rings. The Labute approximate surface area is 122 Å². The molecule has 0 unspecified atom stereocenters. The highest BCUT2D eigenvalue weighted by Crippen LogP contribution is 2.23. The van der Waals surface area contributed by atoms with Crippen molar-refractivity contribution in [2.75, 3.05) is 7.11 Å². The lowest BCUT2D eigenvalue weighted by molar-refractivity contribution is 0.0599. The van der Waals surface area contributed by atoms with Gasteiger partial charge in [0, 0.05) is 0 Å². The number of rotatable bonds is 4. The molecule has 2 rings (SSSR count). The molecule has 0 aliphatic carbocycles. The van der Waals surface area contributed by atoms with Gasteiger partial charge in [0.15, 0.2) is 0 Å². The van der Waals surface area contributed by atoms with Gasteiger partial charge in [0.2, 0.25) is 0 Å². The van der Waals surface area contributed by atoms with E-state index < -0.39 is 11.9 Å². The van der Waals surface area contributed by atoms with Gasteiger partial charge in [-0.3, -0.25) is 0 Å². The molecule has 0 radical (unpaired) electrons. The Morgan fingerprint density at radius 3 is 2.62 bits per heavy atom. The van der Waals surface area contributed by atoms with E-state index >= 15 is 0 Å². The molecule has 6 heteroatoms. The van der Waals surface area contributed by atoms with E-state index in [-0.39, 0.29) is 11.5 Å². The van der Waals surface area contributed by atoms with E-state index in [0.717, 1.165) is 0 Å². The van der Waals surface area contributed by atoms with Crippen LogP contribution in [0, 0.1) is 0 Å². The first kappa shape index (κ1) is 14.8. The fourth-order valence-corrected chi connectivity index (χ4v) is 2.17. The summed E-state index contributed by atoms with van der Waals surface area (Å²) < 4.78 is 6.23. The molecule has 0 aliphatic rings. The zero-order chi connectivity index (χ0) is 15.6. The van der Waals surface area contributed by atoms with Crippen molar-refractivity contribution in [1.29, 1.82) is 0 Å². The number of ether oxygens (including phenoxy) is 1. The lowest BCUT2D eigenvalue weighted by atomic mass is 10.1. The number of esters is 1. The summed E-state index contributed by atoms with van der Waals surface area (Å²) in [6.07, 6.45) is 1.32. The van der Waals surface area contributed by atoms with Crippen molar-refractivity contribution in [3.05, 3.63) is 47.3 Å². The predicted molar refractivity (Wildman–Crippen MR) is 76.0 cm³/mol. The molecule has 21 heavy (non-hydrogen) atoms. The van der Waals surface area contributed by atoms with Gasteiger partial charge in [-0.25, -0.2) is 14.3 Å². The maximum absolute atomic E-state index is 11.6. The third-order valence-electron chi connectivity index (χ3n) is 3.10. The molecule has 0 saturated heterocycles. The van der Waals surface area contributed by atoms with Crippen LogP contribution in [0.3, 0.4) is 0 Å². The third-order valence-corrected chi connectivity index (χ3v) is 3.10. The Morgan fingerprint density at radius 1 is 1.33 bits per heavy atom. The van der Waals surface area contributed by atoms with Gasteiger partial charge in [0.05, 0.1) is 30.3 Å². The second-order valence-electron chi connectivity index (χ2n) is 4.86. The minimum Gasteiger partial charge on any atom is -0.478 e. The van der Waals surface area contributed by atoms with Gasteiger partial charge in [-0.1, -0.05) is 19.9 Å². The normalized spacial score (nSPS) is 10.7. The number of aromatic carboxylic acids is 1. The molecular formula is C15H16N2O4. The number of carboxylic acid groups (broad SMARTS) is 1. The number of nitrogens with zero attached hydrogens (tertiary/aromatic N) is 2. The van der Waals surface area contributed by atoms with E-state index in [4.69, 9.17) is 0 Å². The van der Waals surface area contributed by atoms with Gasteiger partial charge in [-0.05, 0) is 24.1 Å². The lowest BCUT2D eigenvalue weighted by Crippen LogP contribution is -2.09. The molecule has 2 aromatic rings. The lowest BCUT2D eigenvalue weighted by Gasteiger charge is -2.12. The Balaban J connectivity index is 2.57. The summed E-state index contributed by atoms with van der Waals surface area (Å²) in [5.74, 6) is -1.50. The first-order valence-electron chi connectivity index (χ1n) is 6.45. The summed E-state index contributed by atoms with van der Waals surface area (Å²) in [4.78, 5) is 22.8. The van der Waals surface area contributed by atoms with E-state index in [2.05, 4.69) is 9.84 Å². The smallest absolute Gasteiger partial charge is 0.339 e. The van der Waals surface area contributed by atoms with Crippen LogP contribution < -0.4 is 0 Å². The standard InChI is InChI=1S/C15H16N2O4/c1-9(2)13-12(14(18)19)8-16-17(13)11-6-4-5-10(7-11)15(20)21-3/h4-9H,1-3H3,(H,18,19). The highest BCUT2D eigenvalue weighted by atomic mass is 16.5. The second kappa shape index (κ2) is 5.78. The first-order chi connectivity index (χ1) is 9.95. The fourth-order valence-electron chi connectivity index (χ4n) is 2.17. The van der Waals surface area contributed by atoms with Crippen LogP contribution in [0.1, 0.15) is 46.2 Å². The number of carbonyl (C=O) groups is 2. The van der Waals surface area contributed by atoms with Crippen LogP contribution in [0.2, 0.25) is 0 Å². The summed E-state index contributed by atoms with van der Waals surface area (Å²) in [6, 6.07) is 6.72. The molecular weight excluding hydrogens is 272 g/mol. The van der Waals surface area contributed by atoms with E-state index in [9.17, 15) is 14.7 Å². The van der Waals surface area contributed by atoms with E-state index in [1.165, 1.54) is 13.3 Å². The summed E-state index contributed by atoms with van der Waals surface area (Å²) in [6.45, 7) is 3.79. The molecule has 0 atom stereocenters. The number of aromatic nitrogens is 2. The summed E-state index contributed by atoms with van der Waals surface area (Å²) in [5, 5.41) is 13.4. The summed E-state index contributed by atoms with van der Waals surface area (Å²) in [7, 11) is 1.31. The largest absolute Gasteiger partial charge is 0.478 e. The van der Waals surface area contributed by atoms with Gasteiger partial charge >= 0.3 is 11.9 Å². The van der Waals surface area contributed by atoms with Gasteiger partial charge in [-0.2, -0.15) is 5.10 Å².